The van der Waals surface area contributed by atoms with E-state index in [2.05, 4.69) is 26.3 Å². The van der Waals surface area contributed by atoms with Crippen LogP contribution in [0.2, 0.25) is 0 Å². The van der Waals surface area contributed by atoms with Gasteiger partial charge >= 0.3 is 18.0 Å². The molecule has 3 aromatic rings. The lowest BCUT2D eigenvalue weighted by molar-refractivity contribution is -0.146. The molecule has 15 heteroatoms. The lowest BCUT2D eigenvalue weighted by Gasteiger charge is -2.26. The number of H-pyrrole nitrogens is 1. The molecule has 2 aromatic carbocycles. The minimum atomic E-state index is -1.60. The van der Waals surface area contributed by atoms with Crippen molar-refractivity contribution in [2.75, 3.05) is 19.1 Å². The number of aliphatic carboxylic acids is 1. The number of fused-ring (bicyclic) bond motifs is 1. The Morgan fingerprint density at radius 2 is 1.40 bits per heavy atom. The monoisotopic (exact) mass is 711 g/mol. The van der Waals surface area contributed by atoms with Crippen LogP contribution in [0.25, 0.3) is 10.9 Å². The summed E-state index contributed by atoms with van der Waals surface area (Å²) in [4.78, 5) is 81.1. The number of thioether (sulfide) groups is 1. The maximum atomic E-state index is 13.8. The van der Waals surface area contributed by atoms with Crippen molar-refractivity contribution in [3.05, 3.63) is 71.9 Å². The molecule has 270 valence electrons. The average Bonchev–Trinajstić information content (AvgIpc) is 3.47. The van der Waals surface area contributed by atoms with Gasteiger partial charge in [0.15, 0.2) is 0 Å². The highest BCUT2D eigenvalue weighted by molar-refractivity contribution is 7.98. The van der Waals surface area contributed by atoms with Crippen molar-refractivity contribution in [3.63, 3.8) is 0 Å². The zero-order valence-corrected chi connectivity index (χ0v) is 29.6. The molecule has 4 unspecified atom stereocenters. The van der Waals surface area contributed by atoms with E-state index in [9.17, 15) is 33.9 Å². The normalized spacial score (nSPS) is 13.6. The second-order valence-electron chi connectivity index (χ2n) is 12.5. The van der Waals surface area contributed by atoms with Crippen molar-refractivity contribution >= 4 is 58.4 Å². The molecule has 14 nitrogen and oxygen atoms in total. The van der Waals surface area contributed by atoms with Gasteiger partial charge in [-0.15, -0.1) is 0 Å². The number of amides is 4. The first-order valence-electron chi connectivity index (χ1n) is 16.0. The van der Waals surface area contributed by atoms with Gasteiger partial charge in [0.2, 0.25) is 17.7 Å². The second kappa shape index (κ2) is 18.6. The fraction of sp³-hybridized carbons (Fsp3) is 0.429. The molecule has 0 saturated carbocycles. The number of aromatic nitrogens is 1. The van der Waals surface area contributed by atoms with Gasteiger partial charge in [0.25, 0.3) is 0 Å². The van der Waals surface area contributed by atoms with E-state index in [1.54, 1.807) is 63.6 Å². The molecule has 0 aliphatic carbocycles. The Morgan fingerprint density at radius 3 is 2.04 bits per heavy atom. The van der Waals surface area contributed by atoms with Crippen LogP contribution in [0.5, 0.6) is 0 Å². The van der Waals surface area contributed by atoms with Crippen molar-refractivity contribution in [2.45, 2.75) is 76.2 Å². The van der Waals surface area contributed by atoms with Crippen molar-refractivity contribution < 1.29 is 43.3 Å². The molecule has 1 heterocycles. The molecule has 50 heavy (non-hydrogen) atoms. The third kappa shape index (κ3) is 12.4. The van der Waals surface area contributed by atoms with Crippen molar-refractivity contribution in [3.8, 4) is 0 Å². The molecule has 4 amide bonds. The van der Waals surface area contributed by atoms with Crippen LogP contribution in [0, 0.1) is 0 Å². The lowest BCUT2D eigenvalue weighted by atomic mass is 10.0. The van der Waals surface area contributed by atoms with Crippen LogP contribution in [0.1, 0.15) is 44.7 Å². The van der Waals surface area contributed by atoms with Gasteiger partial charge in [-0.25, -0.2) is 9.59 Å². The predicted molar refractivity (Wildman–Crippen MR) is 188 cm³/mol. The number of aromatic amines is 1. The molecule has 0 aliphatic heterocycles. The van der Waals surface area contributed by atoms with Gasteiger partial charge in [0, 0.05) is 29.9 Å². The number of para-hydroxylation sites is 1. The van der Waals surface area contributed by atoms with Gasteiger partial charge in [-0.1, -0.05) is 48.5 Å². The summed E-state index contributed by atoms with van der Waals surface area (Å²) in [5, 5.41) is 20.7. The second-order valence-corrected chi connectivity index (χ2v) is 13.5. The smallest absolute Gasteiger partial charge is 0.408 e. The molecule has 1 aromatic heterocycles. The standard InChI is InChI=1S/C35H45N5O9S/c1-35(2,3)49-34(47)40-26(18-22-20-36-24-14-10-9-13-23(22)24)31(44)37-25(15-16-50-5)30(43)38-27(19-29(41)42)32(45)39-28(33(46)48-4)17-21-11-7-6-8-12-21/h6-14,20,25-28,36H,15-19H2,1-5H3,(H,37,44)(H,38,43)(H,39,45)(H,40,47)(H,41,42). The molecule has 0 spiro atoms. The van der Waals surface area contributed by atoms with Gasteiger partial charge in [0.1, 0.15) is 29.8 Å². The number of nitrogens with one attached hydrogen (secondary N) is 5. The Hall–Kier alpha value is -5.05. The average molecular weight is 712 g/mol. The summed E-state index contributed by atoms with van der Waals surface area (Å²) < 4.78 is 10.2. The van der Waals surface area contributed by atoms with E-state index in [-0.39, 0.29) is 19.3 Å². The number of benzene rings is 2. The summed E-state index contributed by atoms with van der Waals surface area (Å²) >= 11 is 1.41. The van der Waals surface area contributed by atoms with Crippen LogP contribution < -0.4 is 21.3 Å². The highest BCUT2D eigenvalue weighted by atomic mass is 32.2. The van der Waals surface area contributed by atoms with Crippen LogP contribution in [0.3, 0.4) is 0 Å². The summed E-state index contributed by atoms with van der Waals surface area (Å²) in [7, 11) is 1.16. The van der Waals surface area contributed by atoms with E-state index < -0.39 is 71.9 Å². The number of carbonyl (C=O) groups is 6. The topological polar surface area (TPSA) is 205 Å². The van der Waals surface area contributed by atoms with E-state index >= 15 is 0 Å². The fourth-order valence-electron chi connectivity index (χ4n) is 5.07. The molecule has 0 fully saturated rings. The van der Waals surface area contributed by atoms with Gasteiger partial charge in [-0.05, 0) is 56.4 Å². The van der Waals surface area contributed by atoms with Crippen LogP contribution in [-0.2, 0) is 46.3 Å². The molecule has 0 radical (unpaired) electrons. The first-order valence-corrected chi connectivity index (χ1v) is 17.4. The molecular formula is C35H45N5O9S. The van der Waals surface area contributed by atoms with E-state index in [0.29, 0.717) is 11.3 Å². The Kier molecular flexibility index (Phi) is 14.7. The van der Waals surface area contributed by atoms with E-state index in [1.807, 2.05) is 24.3 Å². The SMILES string of the molecule is COC(=O)C(Cc1ccccc1)NC(=O)C(CC(=O)O)NC(=O)C(CCSC)NC(=O)C(Cc1c[nH]c2ccccc12)NC(=O)OC(C)(C)C. The van der Waals surface area contributed by atoms with E-state index in [0.717, 1.165) is 23.6 Å². The summed E-state index contributed by atoms with van der Waals surface area (Å²) in [5.41, 5.74) is 1.43. The van der Waals surface area contributed by atoms with Crippen molar-refractivity contribution in [1.29, 1.82) is 0 Å². The number of rotatable bonds is 17. The van der Waals surface area contributed by atoms with Gasteiger partial charge in [-0.3, -0.25) is 19.2 Å². The number of hydrogen-bond donors (Lipinski definition) is 6. The predicted octanol–water partition coefficient (Wildman–Crippen LogP) is 2.70. The Morgan fingerprint density at radius 1 is 0.800 bits per heavy atom. The third-order valence-electron chi connectivity index (χ3n) is 7.45. The van der Waals surface area contributed by atoms with Gasteiger partial charge < -0.3 is 40.8 Å². The van der Waals surface area contributed by atoms with Crippen molar-refractivity contribution in [2.24, 2.45) is 0 Å². The summed E-state index contributed by atoms with van der Waals surface area (Å²) in [6.45, 7) is 5.05. The summed E-state index contributed by atoms with van der Waals surface area (Å²) in [6, 6.07) is 11.1. The number of alkyl carbamates (subject to hydrolysis) is 1. The quantitative estimate of drug-likeness (QED) is 0.113. The van der Waals surface area contributed by atoms with Crippen LogP contribution in [-0.4, -0.2) is 94.7 Å². The molecule has 0 saturated heterocycles. The number of hydrogen-bond acceptors (Lipinski definition) is 9. The maximum Gasteiger partial charge on any atom is 0.408 e. The number of carbonyl (C=O) groups excluding carboxylic acids is 5. The highest BCUT2D eigenvalue weighted by Gasteiger charge is 2.33. The molecule has 0 aliphatic rings. The Balaban J connectivity index is 1.83. The molecule has 4 atom stereocenters. The van der Waals surface area contributed by atoms with E-state index in [1.165, 1.54) is 11.8 Å². The molecule has 6 N–H and O–H groups in total. The minimum Gasteiger partial charge on any atom is -0.481 e. The molecular weight excluding hydrogens is 666 g/mol. The van der Waals surface area contributed by atoms with E-state index in [4.69, 9.17) is 9.47 Å². The Bertz CT molecular complexity index is 1640. The zero-order valence-electron chi connectivity index (χ0n) is 28.7. The summed E-state index contributed by atoms with van der Waals surface area (Å²) in [5.74, 6) is -4.17. The number of methoxy groups -OCH3 is 1. The van der Waals surface area contributed by atoms with Crippen LogP contribution >= 0.6 is 11.8 Å². The number of ether oxygens (including phenoxy) is 2. The third-order valence-corrected chi connectivity index (χ3v) is 8.09. The first-order chi connectivity index (χ1) is 23.7. The molecule has 3 rings (SSSR count). The van der Waals surface area contributed by atoms with Gasteiger partial charge in [-0.2, -0.15) is 11.8 Å². The first kappa shape index (κ1) is 39.4. The number of carboxylic acids is 1. The lowest BCUT2D eigenvalue weighted by Crippen LogP contribution is -2.58. The maximum absolute atomic E-state index is 13.8. The zero-order chi connectivity index (χ0) is 36.8. The van der Waals surface area contributed by atoms with Crippen LogP contribution in [0.4, 0.5) is 4.79 Å². The number of esters is 1. The summed E-state index contributed by atoms with van der Waals surface area (Å²) in [6.07, 6.45) is 2.12. The fourth-order valence-corrected chi connectivity index (χ4v) is 5.54. The Labute approximate surface area is 294 Å². The van der Waals surface area contributed by atoms with Crippen LogP contribution in [0.15, 0.2) is 60.8 Å². The highest BCUT2D eigenvalue weighted by Crippen LogP contribution is 2.20. The minimum absolute atomic E-state index is 0.0479. The van der Waals surface area contributed by atoms with Gasteiger partial charge in [0.05, 0.1) is 13.5 Å². The molecule has 0 bridgehead atoms. The van der Waals surface area contributed by atoms with Crippen molar-refractivity contribution in [1.82, 2.24) is 26.3 Å². The number of carboxylic acid groups (broad SMARTS) is 1. The largest absolute Gasteiger partial charge is 0.481 e.